The lowest BCUT2D eigenvalue weighted by atomic mass is 10.2. The lowest BCUT2D eigenvalue weighted by Gasteiger charge is -2.33. The normalized spacial score (nSPS) is 16.4. The van der Waals surface area contributed by atoms with E-state index in [1.165, 1.54) is 22.5 Å². The van der Waals surface area contributed by atoms with E-state index in [0.29, 0.717) is 25.2 Å². The van der Waals surface area contributed by atoms with Crippen LogP contribution in [0.25, 0.3) is 0 Å². The second-order valence-corrected chi connectivity index (χ2v) is 7.98. The van der Waals surface area contributed by atoms with E-state index < -0.39 is 16.0 Å². The highest BCUT2D eigenvalue weighted by Crippen LogP contribution is 2.21. The van der Waals surface area contributed by atoms with Crippen LogP contribution in [0.5, 0.6) is 0 Å². The van der Waals surface area contributed by atoms with Crippen molar-refractivity contribution in [3.63, 3.8) is 0 Å². The zero-order chi connectivity index (χ0) is 19.4. The monoisotopic (exact) mass is 396 g/mol. The fourth-order valence-corrected chi connectivity index (χ4v) is 4.23. The number of hydrogen-bond donors (Lipinski definition) is 0. The summed E-state index contributed by atoms with van der Waals surface area (Å²) in [6.45, 7) is 3.70. The molecule has 2 aromatic rings. The van der Waals surface area contributed by atoms with Crippen molar-refractivity contribution in [1.82, 2.24) is 9.21 Å². The van der Waals surface area contributed by atoms with Gasteiger partial charge in [-0.1, -0.05) is 18.2 Å². The molecule has 2 heterocycles. The standard InChI is InChI=1S/C18H21FN2O5S/c1-2-25-18(22)16-7-8-17(26-16)27(23,24)21-11-9-20(10-12-21)13-14-5-3-4-6-15(14)19/h3-8H,2,9-13H2,1H3. The molecule has 146 valence electrons. The molecule has 1 fully saturated rings. The first-order valence-electron chi connectivity index (χ1n) is 8.64. The first-order valence-corrected chi connectivity index (χ1v) is 10.1. The molecule has 0 bridgehead atoms. The van der Waals surface area contributed by atoms with Gasteiger partial charge in [-0.3, -0.25) is 4.90 Å². The molecule has 0 unspecified atom stereocenters. The first-order chi connectivity index (χ1) is 12.9. The van der Waals surface area contributed by atoms with E-state index in [1.54, 1.807) is 25.1 Å². The van der Waals surface area contributed by atoms with Gasteiger partial charge in [0.05, 0.1) is 6.61 Å². The molecule has 0 radical (unpaired) electrons. The first kappa shape index (κ1) is 19.5. The summed E-state index contributed by atoms with van der Waals surface area (Å²) < 4.78 is 50.5. The van der Waals surface area contributed by atoms with Crippen molar-refractivity contribution in [2.24, 2.45) is 0 Å². The molecule has 1 aliphatic rings. The average Bonchev–Trinajstić information content (AvgIpc) is 3.15. The largest absolute Gasteiger partial charge is 0.460 e. The lowest BCUT2D eigenvalue weighted by Crippen LogP contribution is -2.48. The molecular formula is C18H21FN2O5S. The molecule has 1 saturated heterocycles. The highest BCUT2D eigenvalue weighted by Gasteiger charge is 2.31. The third kappa shape index (κ3) is 4.37. The molecule has 0 amide bonds. The molecule has 0 spiro atoms. The zero-order valence-corrected chi connectivity index (χ0v) is 15.7. The molecule has 0 saturated carbocycles. The minimum atomic E-state index is -3.84. The zero-order valence-electron chi connectivity index (χ0n) is 14.9. The van der Waals surface area contributed by atoms with Gasteiger partial charge in [-0.15, -0.1) is 0 Å². The van der Waals surface area contributed by atoms with Crippen LogP contribution in [0.3, 0.4) is 0 Å². The fourth-order valence-electron chi connectivity index (χ4n) is 2.89. The summed E-state index contributed by atoms with van der Waals surface area (Å²) >= 11 is 0. The van der Waals surface area contributed by atoms with Gasteiger partial charge in [0.1, 0.15) is 5.82 Å². The molecule has 1 aromatic carbocycles. The average molecular weight is 396 g/mol. The van der Waals surface area contributed by atoms with Gasteiger partial charge in [-0.25, -0.2) is 17.6 Å². The van der Waals surface area contributed by atoms with Gasteiger partial charge in [-0.2, -0.15) is 4.31 Å². The van der Waals surface area contributed by atoms with Crippen LogP contribution < -0.4 is 0 Å². The number of furan rings is 1. The third-order valence-corrected chi connectivity index (χ3v) is 6.11. The Kier molecular flexibility index (Phi) is 5.93. The molecule has 27 heavy (non-hydrogen) atoms. The van der Waals surface area contributed by atoms with Crippen molar-refractivity contribution in [1.29, 1.82) is 0 Å². The third-order valence-electron chi connectivity index (χ3n) is 4.34. The van der Waals surface area contributed by atoms with E-state index >= 15 is 0 Å². The second kappa shape index (κ2) is 8.20. The summed E-state index contributed by atoms with van der Waals surface area (Å²) in [5, 5.41) is -0.284. The quantitative estimate of drug-likeness (QED) is 0.696. The van der Waals surface area contributed by atoms with E-state index in [2.05, 4.69) is 0 Å². The minimum absolute atomic E-state index is 0.145. The van der Waals surface area contributed by atoms with Crippen LogP contribution >= 0.6 is 0 Å². The Morgan fingerprint density at radius 3 is 2.52 bits per heavy atom. The number of rotatable bonds is 6. The Bertz CT molecular complexity index is 904. The van der Waals surface area contributed by atoms with Crippen LogP contribution in [-0.4, -0.2) is 56.4 Å². The van der Waals surface area contributed by atoms with Crippen LogP contribution in [0, 0.1) is 5.82 Å². The summed E-state index contributed by atoms with van der Waals surface area (Å²) in [7, 11) is -3.84. The summed E-state index contributed by atoms with van der Waals surface area (Å²) in [5.74, 6) is -1.11. The Balaban J connectivity index is 1.63. The van der Waals surface area contributed by atoms with Gasteiger partial charge in [-0.05, 0) is 25.1 Å². The van der Waals surface area contributed by atoms with E-state index in [9.17, 15) is 17.6 Å². The maximum Gasteiger partial charge on any atom is 0.374 e. The molecule has 0 N–H and O–H groups in total. The summed E-state index contributed by atoms with van der Waals surface area (Å²) in [4.78, 5) is 13.6. The Hall–Kier alpha value is -2.23. The highest BCUT2D eigenvalue weighted by molar-refractivity contribution is 7.89. The number of esters is 1. The number of halogens is 1. The van der Waals surface area contributed by atoms with Crippen LogP contribution in [-0.2, 0) is 21.3 Å². The van der Waals surface area contributed by atoms with Crippen molar-refractivity contribution < 1.29 is 26.8 Å². The maximum absolute atomic E-state index is 13.8. The topological polar surface area (TPSA) is 80.1 Å². The smallest absolute Gasteiger partial charge is 0.374 e. The lowest BCUT2D eigenvalue weighted by molar-refractivity contribution is 0.0483. The number of nitrogens with zero attached hydrogens (tertiary/aromatic N) is 2. The van der Waals surface area contributed by atoms with E-state index in [0.717, 1.165) is 0 Å². The van der Waals surface area contributed by atoms with Gasteiger partial charge in [0.2, 0.25) is 10.9 Å². The van der Waals surface area contributed by atoms with Crippen LogP contribution in [0.2, 0.25) is 0 Å². The number of carbonyl (C=O) groups excluding carboxylic acids is 1. The van der Waals surface area contributed by atoms with Crippen molar-refractivity contribution in [2.45, 2.75) is 18.6 Å². The highest BCUT2D eigenvalue weighted by atomic mass is 32.2. The molecule has 0 atom stereocenters. The van der Waals surface area contributed by atoms with Gasteiger partial charge >= 0.3 is 5.97 Å². The minimum Gasteiger partial charge on any atom is -0.460 e. The predicted molar refractivity (Wildman–Crippen MR) is 95.1 cm³/mol. The van der Waals surface area contributed by atoms with Crippen molar-refractivity contribution in [3.8, 4) is 0 Å². The van der Waals surface area contributed by atoms with Crippen LogP contribution in [0.4, 0.5) is 4.39 Å². The Morgan fingerprint density at radius 2 is 1.85 bits per heavy atom. The van der Waals surface area contributed by atoms with Gasteiger partial charge in [0.15, 0.2) is 0 Å². The molecule has 9 heteroatoms. The second-order valence-electron chi connectivity index (χ2n) is 6.11. The van der Waals surface area contributed by atoms with Gasteiger partial charge in [0, 0.05) is 38.3 Å². The van der Waals surface area contributed by atoms with Crippen molar-refractivity contribution >= 4 is 16.0 Å². The van der Waals surface area contributed by atoms with E-state index in [1.807, 2.05) is 4.90 Å². The SMILES string of the molecule is CCOC(=O)c1ccc(S(=O)(=O)N2CCN(Cc3ccccc3F)CC2)o1. The fraction of sp³-hybridized carbons (Fsp3) is 0.389. The molecule has 3 rings (SSSR count). The number of carbonyl (C=O) groups is 1. The predicted octanol–water partition coefficient (Wildman–Crippen LogP) is 2.10. The summed E-state index contributed by atoms with van der Waals surface area (Å²) in [6, 6.07) is 9.09. The molecule has 1 aromatic heterocycles. The Morgan fingerprint density at radius 1 is 1.15 bits per heavy atom. The summed E-state index contributed by atoms with van der Waals surface area (Å²) in [5.41, 5.74) is 0.582. The van der Waals surface area contributed by atoms with Gasteiger partial charge < -0.3 is 9.15 Å². The van der Waals surface area contributed by atoms with Crippen LogP contribution in [0.1, 0.15) is 23.0 Å². The molecule has 1 aliphatic heterocycles. The number of hydrogen-bond acceptors (Lipinski definition) is 6. The van der Waals surface area contributed by atoms with Crippen molar-refractivity contribution in [2.75, 3.05) is 32.8 Å². The molecule has 0 aliphatic carbocycles. The van der Waals surface area contributed by atoms with E-state index in [4.69, 9.17) is 9.15 Å². The number of benzene rings is 1. The molecular weight excluding hydrogens is 375 g/mol. The maximum atomic E-state index is 13.8. The summed E-state index contributed by atoms with van der Waals surface area (Å²) in [6.07, 6.45) is 0. The Labute approximate surface area is 157 Å². The van der Waals surface area contributed by atoms with Crippen LogP contribution in [0.15, 0.2) is 45.9 Å². The van der Waals surface area contributed by atoms with Gasteiger partial charge in [0.25, 0.3) is 10.0 Å². The van der Waals surface area contributed by atoms with E-state index in [-0.39, 0.29) is 36.4 Å². The number of sulfonamides is 1. The number of ether oxygens (including phenoxy) is 1. The number of piperazine rings is 1. The van der Waals surface area contributed by atoms with Crippen molar-refractivity contribution in [3.05, 3.63) is 53.5 Å². The molecule has 7 nitrogen and oxygen atoms in total.